The van der Waals surface area contributed by atoms with Crippen LogP contribution in [-0.4, -0.2) is 60.4 Å². The zero-order chi connectivity index (χ0) is 36.5. The SMILES string of the molecule is COc1cc2c(cc1OC)CN(CC1CC(c3ccc(CO)cc3)OC(c3ccc(-c4ccccc4CNC(=O)CCCCC(=O)O)cc3)O1)CC2. The van der Waals surface area contributed by atoms with Crippen molar-refractivity contribution in [3.05, 3.63) is 118 Å². The summed E-state index contributed by atoms with van der Waals surface area (Å²) in [6.45, 7) is 2.81. The average molecular weight is 709 g/mol. The smallest absolute Gasteiger partial charge is 0.303 e. The summed E-state index contributed by atoms with van der Waals surface area (Å²) in [6, 6.07) is 28.3. The first-order valence-electron chi connectivity index (χ1n) is 18.0. The van der Waals surface area contributed by atoms with E-state index in [0.717, 1.165) is 70.9 Å². The van der Waals surface area contributed by atoms with Crippen LogP contribution in [0.4, 0.5) is 0 Å². The Kier molecular flexibility index (Phi) is 12.6. The number of carbonyl (C=O) groups is 2. The number of carbonyl (C=O) groups excluding carboxylic acids is 1. The molecule has 4 aromatic carbocycles. The number of carboxylic acid groups (broad SMARTS) is 1. The number of aliphatic carboxylic acids is 1. The Morgan fingerprint density at radius 3 is 2.27 bits per heavy atom. The number of ether oxygens (including phenoxy) is 4. The first-order valence-corrected chi connectivity index (χ1v) is 18.0. The second-order valence-electron chi connectivity index (χ2n) is 13.5. The molecule has 6 rings (SSSR count). The van der Waals surface area contributed by atoms with Crippen LogP contribution in [0, 0.1) is 0 Å². The Hall–Kier alpha value is -4.74. The molecule has 0 bridgehead atoms. The Morgan fingerprint density at radius 2 is 1.56 bits per heavy atom. The van der Waals surface area contributed by atoms with Crippen LogP contribution in [-0.2, 0) is 45.2 Å². The Morgan fingerprint density at radius 1 is 0.865 bits per heavy atom. The molecule has 10 nitrogen and oxygen atoms in total. The number of hydrogen-bond acceptors (Lipinski definition) is 8. The van der Waals surface area contributed by atoms with Gasteiger partial charge in [-0.2, -0.15) is 0 Å². The topological polar surface area (TPSA) is 127 Å². The number of carboxylic acids is 1. The van der Waals surface area contributed by atoms with Gasteiger partial charge in [-0.25, -0.2) is 0 Å². The third kappa shape index (κ3) is 9.37. The zero-order valence-electron chi connectivity index (χ0n) is 29.9. The van der Waals surface area contributed by atoms with E-state index in [0.29, 0.717) is 32.2 Å². The van der Waals surface area contributed by atoms with Crippen LogP contribution in [0.2, 0.25) is 0 Å². The van der Waals surface area contributed by atoms with Crippen molar-refractivity contribution in [1.29, 1.82) is 0 Å². The normalized spacial score (nSPS) is 18.7. The van der Waals surface area contributed by atoms with Crippen LogP contribution in [0.3, 0.4) is 0 Å². The van der Waals surface area contributed by atoms with E-state index in [1.54, 1.807) is 14.2 Å². The number of fused-ring (bicyclic) bond motifs is 1. The molecule has 274 valence electrons. The number of methoxy groups -OCH3 is 2. The second kappa shape index (κ2) is 17.7. The monoisotopic (exact) mass is 708 g/mol. The van der Waals surface area contributed by atoms with E-state index in [1.807, 2.05) is 60.7 Å². The molecule has 0 radical (unpaired) electrons. The standard InChI is InChI=1S/C42H48N2O8/c1-49-38-21-32-19-20-44(25-34(32)22-39(38)50-2)26-35-23-37(30-13-11-28(27-45)12-14-30)52-42(51-35)31-17-15-29(16-18-31)36-8-4-3-7-33(36)24-43-40(46)9-5-6-10-41(47)48/h3-4,7-8,11-18,21-22,35,37,42,45H,5-6,9-10,19-20,23-27H2,1-2H3,(H,43,46)(H,47,48). The largest absolute Gasteiger partial charge is 0.493 e. The molecule has 2 heterocycles. The molecule has 0 saturated carbocycles. The van der Waals surface area contributed by atoms with Gasteiger partial charge in [-0.3, -0.25) is 14.5 Å². The van der Waals surface area contributed by atoms with Crippen molar-refractivity contribution in [2.45, 2.75) is 76.7 Å². The molecule has 1 fully saturated rings. The van der Waals surface area contributed by atoms with E-state index in [9.17, 15) is 14.7 Å². The van der Waals surface area contributed by atoms with Crippen LogP contribution in [0.15, 0.2) is 84.9 Å². The number of benzene rings is 4. The predicted octanol–water partition coefficient (Wildman–Crippen LogP) is 6.73. The third-order valence-corrected chi connectivity index (χ3v) is 9.91. The molecule has 2 aliphatic heterocycles. The molecule has 0 aromatic heterocycles. The van der Waals surface area contributed by atoms with Crippen molar-refractivity contribution in [1.82, 2.24) is 10.2 Å². The molecule has 1 saturated heterocycles. The van der Waals surface area contributed by atoms with Crippen molar-refractivity contribution in [3.63, 3.8) is 0 Å². The molecule has 1 amide bonds. The van der Waals surface area contributed by atoms with Crippen molar-refractivity contribution in [2.24, 2.45) is 0 Å². The lowest BCUT2D eigenvalue weighted by atomic mass is 9.96. The predicted molar refractivity (Wildman–Crippen MR) is 197 cm³/mol. The number of unbranched alkanes of at least 4 members (excludes halogenated alkanes) is 1. The lowest BCUT2D eigenvalue weighted by Gasteiger charge is -2.39. The average Bonchev–Trinajstić information content (AvgIpc) is 3.18. The molecule has 0 aliphatic carbocycles. The maximum absolute atomic E-state index is 12.4. The quantitative estimate of drug-likeness (QED) is 0.115. The van der Waals surface area contributed by atoms with E-state index < -0.39 is 12.3 Å². The minimum atomic E-state index is -0.845. The fourth-order valence-corrected chi connectivity index (χ4v) is 7.04. The summed E-state index contributed by atoms with van der Waals surface area (Å²) in [5.74, 6) is 0.551. The van der Waals surface area contributed by atoms with Crippen LogP contribution < -0.4 is 14.8 Å². The van der Waals surface area contributed by atoms with Crippen LogP contribution in [0.1, 0.15) is 77.9 Å². The second-order valence-corrected chi connectivity index (χ2v) is 13.5. The van der Waals surface area contributed by atoms with Gasteiger partial charge in [-0.15, -0.1) is 0 Å². The molecule has 52 heavy (non-hydrogen) atoms. The minimum Gasteiger partial charge on any atom is -0.493 e. The van der Waals surface area contributed by atoms with Crippen LogP contribution in [0.25, 0.3) is 11.1 Å². The molecule has 4 aromatic rings. The number of hydrogen-bond donors (Lipinski definition) is 3. The van der Waals surface area contributed by atoms with Gasteiger partial charge < -0.3 is 34.5 Å². The molecule has 10 heteroatoms. The fourth-order valence-electron chi connectivity index (χ4n) is 7.04. The highest BCUT2D eigenvalue weighted by Crippen LogP contribution is 2.40. The van der Waals surface area contributed by atoms with Gasteiger partial charge >= 0.3 is 5.97 Å². The van der Waals surface area contributed by atoms with Gasteiger partial charge in [0.2, 0.25) is 5.91 Å². The minimum absolute atomic E-state index is 0.0102. The summed E-state index contributed by atoms with van der Waals surface area (Å²) in [4.78, 5) is 25.6. The Bertz CT molecular complexity index is 1810. The lowest BCUT2D eigenvalue weighted by molar-refractivity contribution is -0.253. The fraction of sp³-hybridized carbons (Fsp3) is 0.381. The summed E-state index contributed by atoms with van der Waals surface area (Å²) in [5, 5.41) is 21.4. The summed E-state index contributed by atoms with van der Waals surface area (Å²) in [7, 11) is 3.33. The number of aliphatic hydroxyl groups excluding tert-OH is 1. The summed E-state index contributed by atoms with van der Waals surface area (Å²) in [5.41, 5.74) is 8.35. The third-order valence-electron chi connectivity index (χ3n) is 9.91. The Labute approximate surface area is 305 Å². The molecular weight excluding hydrogens is 660 g/mol. The molecule has 2 aliphatic rings. The summed E-state index contributed by atoms with van der Waals surface area (Å²) in [6.07, 6.45) is 2.15. The zero-order valence-corrected chi connectivity index (χ0v) is 29.9. The number of aliphatic hydroxyl groups is 1. The van der Waals surface area contributed by atoms with E-state index in [-0.39, 0.29) is 31.1 Å². The van der Waals surface area contributed by atoms with Gasteiger partial charge in [0, 0.05) is 51.0 Å². The highest BCUT2D eigenvalue weighted by Gasteiger charge is 2.34. The van der Waals surface area contributed by atoms with E-state index in [4.69, 9.17) is 24.1 Å². The summed E-state index contributed by atoms with van der Waals surface area (Å²) >= 11 is 0. The van der Waals surface area contributed by atoms with Crippen molar-refractivity contribution in [3.8, 4) is 22.6 Å². The van der Waals surface area contributed by atoms with Gasteiger partial charge in [0.25, 0.3) is 0 Å². The molecule has 3 atom stereocenters. The molecule has 0 spiro atoms. The lowest BCUT2D eigenvalue weighted by Crippen LogP contribution is -2.41. The van der Waals surface area contributed by atoms with Gasteiger partial charge in [0.05, 0.1) is 33.0 Å². The molecule has 3 unspecified atom stereocenters. The maximum Gasteiger partial charge on any atom is 0.303 e. The number of nitrogens with zero attached hydrogens (tertiary/aromatic N) is 1. The van der Waals surface area contributed by atoms with E-state index in [1.165, 1.54) is 11.1 Å². The van der Waals surface area contributed by atoms with E-state index in [2.05, 4.69) is 34.5 Å². The van der Waals surface area contributed by atoms with Gasteiger partial charge in [-0.1, -0.05) is 72.8 Å². The molecule has 3 N–H and O–H groups in total. The first-order chi connectivity index (χ1) is 25.3. The highest BCUT2D eigenvalue weighted by atomic mass is 16.7. The number of amides is 1. The van der Waals surface area contributed by atoms with Crippen LogP contribution >= 0.6 is 0 Å². The highest BCUT2D eigenvalue weighted by molar-refractivity contribution is 5.76. The van der Waals surface area contributed by atoms with Gasteiger partial charge in [0.15, 0.2) is 17.8 Å². The number of rotatable bonds is 15. The number of nitrogens with one attached hydrogen (secondary N) is 1. The van der Waals surface area contributed by atoms with Gasteiger partial charge in [0.1, 0.15) is 0 Å². The Balaban J connectivity index is 1.16. The maximum atomic E-state index is 12.4. The van der Waals surface area contributed by atoms with Crippen molar-refractivity contribution in [2.75, 3.05) is 27.3 Å². The first kappa shape index (κ1) is 37.0. The van der Waals surface area contributed by atoms with E-state index >= 15 is 0 Å². The molecular formula is C42H48N2O8. The van der Waals surface area contributed by atoms with Crippen molar-refractivity contribution >= 4 is 11.9 Å². The van der Waals surface area contributed by atoms with Crippen molar-refractivity contribution < 1.29 is 38.7 Å². The van der Waals surface area contributed by atoms with Crippen LogP contribution in [0.5, 0.6) is 11.5 Å². The van der Waals surface area contributed by atoms with Gasteiger partial charge in [-0.05, 0) is 70.3 Å². The summed E-state index contributed by atoms with van der Waals surface area (Å²) < 4.78 is 24.5.